The summed E-state index contributed by atoms with van der Waals surface area (Å²) in [7, 11) is 1.31. The normalized spacial score (nSPS) is 11.1. The molecule has 0 radical (unpaired) electrons. The maximum Gasteiger partial charge on any atom is 0.325 e. The molecule has 0 saturated heterocycles. The van der Waals surface area contributed by atoms with Crippen LogP contribution in [0.15, 0.2) is 60.3 Å². The van der Waals surface area contributed by atoms with E-state index in [-0.39, 0.29) is 12.1 Å². The van der Waals surface area contributed by atoms with Gasteiger partial charge in [-0.3, -0.25) is 9.59 Å². The topological polar surface area (TPSA) is 84.1 Å². The largest absolute Gasteiger partial charge is 0.468 e. The Morgan fingerprint density at radius 2 is 1.93 bits per heavy atom. The number of nitriles is 1. The fourth-order valence-electron chi connectivity index (χ4n) is 2.76. The van der Waals surface area contributed by atoms with Crippen molar-refractivity contribution in [3.8, 4) is 6.07 Å². The van der Waals surface area contributed by atoms with Crippen molar-refractivity contribution < 1.29 is 18.7 Å². The van der Waals surface area contributed by atoms with Gasteiger partial charge in [-0.05, 0) is 36.4 Å². The van der Waals surface area contributed by atoms with Crippen molar-refractivity contribution in [2.45, 2.75) is 6.54 Å². The van der Waals surface area contributed by atoms with Crippen LogP contribution < -0.4 is 5.32 Å². The molecule has 28 heavy (non-hydrogen) atoms. The number of anilines is 1. The molecule has 140 valence electrons. The van der Waals surface area contributed by atoms with Crippen LogP contribution in [0.3, 0.4) is 0 Å². The second kappa shape index (κ2) is 8.18. The van der Waals surface area contributed by atoms with Gasteiger partial charge in [-0.1, -0.05) is 18.2 Å². The van der Waals surface area contributed by atoms with Crippen molar-refractivity contribution in [1.29, 1.82) is 5.26 Å². The molecule has 0 saturated carbocycles. The number of methoxy groups -OCH3 is 1. The van der Waals surface area contributed by atoms with Gasteiger partial charge in [0, 0.05) is 28.4 Å². The number of nitrogens with zero attached hydrogens (tertiary/aromatic N) is 2. The lowest BCUT2D eigenvalue weighted by Gasteiger charge is -2.03. The number of nitrogens with one attached hydrogen (secondary N) is 1. The number of para-hydroxylation sites is 1. The van der Waals surface area contributed by atoms with E-state index in [0.29, 0.717) is 11.3 Å². The summed E-state index contributed by atoms with van der Waals surface area (Å²) in [5.41, 5.74) is 1.65. The highest BCUT2D eigenvalue weighted by atomic mass is 19.1. The van der Waals surface area contributed by atoms with Crippen LogP contribution in [0.2, 0.25) is 0 Å². The monoisotopic (exact) mass is 377 g/mol. The van der Waals surface area contributed by atoms with Crippen LogP contribution in [-0.2, 0) is 20.9 Å². The van der Waals surface area contributed by atoms with Crippen molar-refractivity contribution >= 4 is 34.5 Å². The summed E-state index contributed by atoms with van der Waals surface area (Å²) in [5.74, 6) is -1.45. The number of esters is 1. The Hall–Kier alpha value is -3.92. The number of hydrogen-bond acceptors (Lipinski definition) is 4. The number of amides is 1. The fourth-order valence-corrected chi connectivity index (χ4v) is 2.76. The summed E-state index contributed by atoms with van der Waals surface area (Å²) in [6, 6.07) is 14.4. The molecule has 7 heteroatoms. The standard InChI is InChI=1S/C21H16FN3O3/c1-28-20(26)13-25-12-15(18-4-2-3-5-19(18)25)10-14(11-23)21(27)24-17-8-6-16(22)7-9-17/h2-10,12H,13H2,1H3,(H,24,27)/b14-10-. The molecule has 3 rings (SSSR count). The van der Waals surface area contributed by atoms with E-state index in [1.165, 1.54) is 37.5 Å². The maximum atomic E-state index is 13.0. The van der Waals surface area contributed by atoms with Crippen LogP contribution in [0.5, 0.6) is 0 Å². The minimum Gasteiger partial charge on any atom is -0.468 e. The fraction of sp³-hybridized carbons (Fsp3) is 0.0952. The van der Waals surface area contributed by atoms with Crippen molar-refractivity contribution in [1.82, 2.24) is 4.57 Å². The number of fused-ring (bicyclic) bond motifs is 1. The second-order valence-electron chi connectivity index (χ2n) is 5.94. The molecule has 0 unspecified atom stereocenters. The molecule has 3 aromatic rings. The first-order valence-corrected chi connectivity index (χ1v) is 8.35. The second-order valence-corrected chi connectivity index (χ2v) is 5.94. The molecule has 0 aliphatic heterocycles. The number of halogens is 1. The molecule has 2 aromatic carbocycles. The summed E-state index contributed by atoms with van der Waals surface area (Å²) in [6.45, 7) is 0.00845. The first-order chi connectivity index (χ1) is 13.5. The molecule has 0 spiro atoms. The molecule has 0 aliphatic carbocycles. The maximum absolute atomic E-state index is 13.0. The Morgan fingerprint density at radius 1 is 1.21 bits per heavy atom. The molecule has 1 amide bonds. The van der Waals surface area contributed by atoms with Crippen LogP contribution in [0.1, 0.15) is 5.56 Å². The summed E-state index contributed by atoms with van der Waals surface area (Å²) in [6.07, 6.45) is 3.14. The summed E-state index contributed by atoms with van der Waals surface area (Å²) in [4.78, 5) is 24.1. The van der Waals surface area contributed by atoms with Crippen molar-refractivity contribution in [3.63, 3.8) is 0 Å². The van der Waals surface area contributed by atoms with Gasteiger partial charge in [-0.2, -0.15) is 5.26 Å². The first-order valence-electron chi connectivity index (χ1n) is 8.35. The minimum atomic E-state index is -0.612. The molecular weight excluding hydrogens is 361 g/mol. The zero-order chi connectivity index (χ0) is 20.1. The Kier molecular flexibility index (Phi) is 5.51. The third kappa shape index (κ3) is 4.07. The zero-order valence-corrected chi connectivity index (χ0v) is 15.0. The number of carbonyl (C=O) groups excluding carboxylic acids is 2. The van der Waals surface area contributed by atoms with Gasteiger partial charge in [-0.15, -0.1) is 0 Å². The van der Waals surface area contributed by atoms with Gasteiger partial charge in [0.1, 0.15) is 24.0 Å². The number of benzene rings is 2. The van der Waals surface area contributed by atoms with Crippen LogP contribution in [0.4, 0.5) is 10.1 Å². The first kappa shape index (κ1) is 18.9. The molecule has 0 atom stereocenters. The van der Waals surface area contributed by atoms with E-state index in [0.717, 1.165) is 10.9 Å². The SMILES string of the molecule is COC(=O)Cn1cc(/C=C(/C#N)C(=O)Nc2ccc(F)cc2)c2ccccc21. The highest BCUT2D eigenvalue weighted by Crippen LogP contribution is 2.24. The van der Waals surface area contributed by atoms with Crippen LogP contribution >= 0.6 is 0 Å². The smallest absolute Gasteiger partial charge is 0.325 e. The Bertz CT molecular complexity index is 1110. The molecule has 1 N–H and O–H groups in total. The number of aromatic nitrogens is 1. The predicted octanol–water partition coefficient (Wildman–Crippen LogP) is 3.50. The lowest BCUT2D eigenvalue weighted by molar-refractivity contribution is -0.141. The molecule has 0 fully saturated rings. The van der Waals surface area contributed by atoms with Crippen LogP contribution in [-0.4, -0.2) is 23.6 Å². The highest BCUT2D eigenvalue weighted by molar-refractivity contribution is 6.10. The molecular formula is C21H16FN3O3. The van der Waals surface area contributed by atoms with E-state index in [9.17, 15) is 19.2 Å². The molecule has 1 aromatic heterocycles. The summed E-state index contributed by atoms with van der Waals surface area (Å²) in [5, 5.41) is 12.8. The molecule has 6 nitrogen and oxygen atoms in total. The molecule has 0 bridgehead atoms. The molecule has 0 aliphatic rings. The lowest BCUT2D eigenvalue weighted by atomic mass is 10.1. The summed E-state index contributed by atoms with van der Waals surface area (Å²) >= 11 is 0. The Labute approximate surface area is 160 Å². The van der Waals surface area contributed by atoms with Crippen LogP contribution in [0.25, 0.3) is 17.0 Å². The van der Waals surface area contributed by atoms with Gasteiger partial charge in [0.25, 0.3) is 5.91 Å². The average molecular weight is 377 g/mol. The highest BCUT2D eigenvalue weighted by Gasteiger charge is 2.14. The van der Waals surface area contributed by atoms with E-state index >= 15 is 0 Å². The third-order valence-electron chi connectivity index (χ3n) is 4.11. The lowest BCUT2D eigenvalue weighted by Crippen LogP contribution is -2.13. The van der Waals surface area contributed by atoms with E-state index in [2.05, 4.69) is 5.32 Å². The van der Waals surface area contributed by atoms with E-state index < -0.39 is 17.7 Å². The van der Waals surface area contributed by atoms with E-state index in [4.69, 9.17) is 4.74 Å². The quantitative estimate of drug-likeness (QED) is 0.419. The molecule has 1 heterocycles. The van der Waals surface area contributed by atoms with Crippen molar-refractivity contribution in [2.75, 3.05) is 12.4 Å². The van der Waals surface area contributed by atoms with Crippen LogP contribution in [0, 0.1) is 17.1 Å². The number of rotatable bonds is 5. The van der Waals surface area contributed by atoms with Gasteiger partial charge in [-0.25, -0.2) is 4.39 Å². The van der Waals surface area contributed by atoms with Crippen molar-refractivity contribution in [2.24, 2.45) is 0 Å². The zero-order valence-electron chi connectivity index (χ0n) is 15.0. The number of carbonyl (C=O) groups is 2. The summed E-state index contributed by atoms with van der Waals surface area (Å²) < 4.78 is 19.4. The van der Waals surface area contributed by atoms with E-state index in [1.807, 2.05) is 30.3 Å². The Balaban J connectivity index is 1.94. The average Bonchev–Trinajstić information content (AvgIpc) is 3.05. The number of ether oxygens (including phenoxy) is 1. The Morgan fingerprint density at radius 3 is 2.61 bits per heavy atom. The van der Waals surface area contributed by atoms with Crippen molar-refractivity contribution in [3.05, 3.63) is 71.7 Å². The van der Waals surface area contributed by atoms with Gasteiger partial charge < -0.3 is 14.6 Å². The third-order valence-corrected chi connectivity index (χ3v) is 4.11. The predicted molar refractivity (Wildman–Crippen MR) is 103 cm³/mol. The van der Waals surface area contributed by atoms with Gasteiger partial charge in [0.15, 0.2) is 0 Å². The number of hydrogen-bond donors (Lipinski definition) is 1. The minimum absolute atomic E-state index is 0.00845. The van der Waals surface area contributed by atoms with Gasteiger partial charge in [0.2, 0.25) is 0 Å². The van der Waals surface area contributed by atoms with E-state index in [1.54, 1.807) is 10.8 Å². The van der Waals surface area contributed by atoms with Gasteiger partial charge in [0.05, 0.1) is 7.11 Å². The van der Waals surface area contributed by atoms with Gasteiger partial charge >= 0.3 is 5.97 Å².